The van der Waals surface area contributed by atoms with Crippen molar-refractivity contribution in [3.63, 3.8) is 0 Å². The third-order valence-electron chi connectivity index (χ3n) is 3.93. The first-order valence-electron chi connectivity index (χ1n) is 7.59. The summed E-state index contributed by atoms with van der Waals surface area (Å²) in [7, 11) is 1.34. The highest BCUT2D eigenvalue weighted by molar-refractivity contribution is 6.44. The Labute approximate surface area is 151 Å². The van der Waals surface area contributed by atoms with Gasteiger partial charge >= 0.3 is 5.97 Å². The van der Waals surface area contributed by atoms with Gasteiger partial charge in [0.05, 0.1) is 48.0 Å². The van der Waals surface area contributed by atoms with Crippen molar-refractivity contribution in [1.29, 1.82) is 0 Å². The van der Waals surface area contributed by atoms with Crippen LogP contribution in [0, 0.1) is 0 Å². The third kappa shape index (κ3) is 4.83. The molecule has 1 fully saturated rings. The highest BCUT2D eigenvalue weighted by Crippen LogP contribution is 2.29. The zero-order chi connectivity index (χ0) is 17.7. The number of carbonyl (C=O) groups excluding carboxylic acids is 2. The molecule has 0 unspecified atom stereocenters. The summed E-state index contributed by atoms with van der Waals surface area (Å²) >= 11 is 12.0. The molecule has 24 heavy (non-hydrogen) atoms. The van der Waals surface area contributed by atoms with Crippen molar-refractivity contribution >= 4 is 40.8 Å². The van der Waals surface area contributed by atoms with Gasteiger partial charge in [-0.25, -0.2) is 0 Å². The number of amides is 1. The van der Waals surface area contributed by atoms with Crippen LogP contribution in [0.15, 0.2) is 18.2 Å². The minimum absolute atomic E-state index is 0.168. The molecule has 2 rings (SSSR count). The first-order chi connectivity index (χ1) is 11.4. The number of halogens is 2. The zero-order valence-electron chi connectivity index (χ0n) is 13.6. The molecule has 1 aliphatic rings. The second-order valence-electron chi connectivity index (χ2n) is 5.53. The summed E-state index contributed by atoms with van der Waals surface area (Å²) in [4.78, 5) is 25.8. The summed E-state index contributed by atoms with van der Waals surface area (Å²) in [5.74, 6) is -0.525. The summed E-state index contributed by atoms with van der Waals surface area (Å²) < 4.78 is 10.2. The van der Waals surface area contributed by atoms with Gasteiger partial charge in [0.25, 0.3) is 0 Å². The number of anilines is 1. The molecule has 8 heteroatoms. The maximum Gasteiger partial charge on any atom is 0.308 e. The van der Waals surface area contributed by atoms with Crippen LogP contribution in [0.4, 0.5) is 5.69 Å². The Bertz CT molecular complexity index is 612. The molecule has 1 saturated heterocycles. The van der Waals surface area contributed by atoms with Crippen LogP contribution in [0.25, 0.3) is 0 Å². The molecule has 2 atom stereocenters. The van der Waals surface area contributed by atoms with Crippen LogP contribution in [0.1, 0.15) is 13.3 Å². The van der Waals surface area contributed by atoms with Gasteiger partial charge in [-0.15, -0.1) is 0 Å². The number of morpholine rings is 1. The number of nitrogens with zero attached hydrogens (tertiary/aromatic N) is 1. The number of hydrogen-bond donors (Lipinski definition) is 1. The standard InChI is InChI=1S/C16H20Cl2N2O4/c1-10(16(22)19-13-5-3-4-12(17)15(13)18)20-6-7-24-11(9-20)8-14(21)23-2/h3-5,10-11H,6-9H2,1-2H3,(H,19,22)/t10-,11+/m1/s1. The number of nitrogens with one attached hydrogen (secondary N) is 1. The summed E-state index contributed by atoms with van der Waals surface area (Å²) in [5, 5.41) is 3.48. The van der Waals surface area contributed by atoms with Gasteiger partial charge in [0.2, 0.25) is 5.91 Å². The second kappa shape index (κ2) is 8.67. The summed E-state index contributed by atoms with van der Waals surface area (Å²) in [5.41, 5.74) is 0.473. The van der Waals surface area contributed by atoms with Crippen molar-refractivity contribution in [3.05, 3.63) is 28.2 Å². The number of methoxy groups -OCH3 is 1. The van der Waals surface area contributed by atoms with Crippen LogP contribution in [0.2, 0.25) is 10.0 Å². The van der Waals surface area contributed by atoms with Crippen molar-refractivity contribution in [2.75, 3.05) is 32.1 Å². The molecule has 0 aliphatic carbocycles. The van der Waals surface area contributed by atoms with E-state index in [1.807, 2.05) is 4.90 Å². The van der Waals surface area contributed by atoms with Crippen molar-refractivity contribution in [2.24, 2.45) is 0 Å². The monoisotopic (exact) mass is 374 g/mol. The quantitative estimate of drug-likeness (QED) is 0.802. The largest absolute Gasteiger partial charge is 0.469 e. The van der Waals surface area contributed by atoms with Gasteiger partial charge in [-0.3, -0.25) is 14.5 Å². The van der Waals surface area contributed by atoms with E-state index in [2.05, 4.69) is 10.1 Å². The van der Waals surface area contributed by atoms with Gasteiger partial charge < -0.3 is 14.8 Å². The zero-order valence-corrected chi connectivity index (χ0v) is 15.1. The average molecular weight is 375 g/mol. The fraction of sp³-hybridized carbons (Fsp3) is 0.500. The Hall–Kier alpha value is -1.34. The van der Waals surface area contributed by atoms with E-state index in [0.29, 0.717) is 35.4 Å². The number of carbonyl (C=O) groups is 2. The maximum atomic E-state index is 12.5. The Morgan fingerprint density at radius 1 is 1.46 bits per heavy atom. The Kier molecular flexibility index (Phi) is 6.86. The fourth-order valence-electron chi connectivity index (χ4n) is 2.49. The van der Waals surface area contributed by atoms with Crippen molar-refractivity contribution in [2.45, 2.75) is 25.5 Å². The molecular weight excluding hydrogens is 355 g/mol. The van der Waals surface area contributed by atoms with Crippen molar-refractivity contribution in [3.8, 4) is 0 Å². The topological polar surface area (TPSA) is 67.9 Å². The van der Waals surface area contributed by atoms with E-state index in [4.69, 9.17) is 27.9 Å². The first-order valence-corrected chi connectivity index (χ1v) is 8.35. The predicted octanol–water partition coefficient (Wildman–Crippen LogP) is 2.58. The lowest BCUT2D eigenvalue weighted by molar-refractivity contribution is -0.146. The van der Waals surface area contributed by atoms with Crippen molar-refractivity contribution < 1.29 is 19.1 Å². The molecule has 0 spiro atoms. The van der Waals surface area contributed by atoms with Crippen LogP contribution >= 0.6 is 23.2 Å². The molecule has 132 valence electrons. The molecule has 1 heterocycles. The summed E-state index contributed by atoms with van der Waals surface area (Å²) in [6, 6.07) is 4.67. The molecule has 0 saturated carbocycles. The van der Waals surface area contributed by atoms with Crippen molar-refractivity contribution in [1.82, 2.24) is 4.90 Å². The van der Waals surface area contributed by atoms with Gasteiger partial charge in [-0.05, 0) is 19.1 Å². The van der Waals surface area contributed by atoms with E-state index >= 15 is 0 Å². The predicted molar refractivity (Wildman–Crippen MR) is 92.5 cm³/mol. The molecule has 1 aromatic carbocycles. The van der Waals surface area contributed by atoms with Gasteiger partial charge in [0.1, 0.15) is 0 Å². The van der Waals surface area contributed by atoms with Crippen LogP contribution in [0.3, 0.4) is 0 Å². The van der Waals surface area contributed by atoms with E-state index in [1.54, 1.807) is 25.1 Å². The van der Waals surface area contributed by atoms with E-state index in [9.17, 15) is 9.59 Å². The number of ether oxygens (including phenoxy) is 2. The van der Waals surface area contributed by atoms with Crippen LogP contribution < -0.4 is 5.32 Å². The van der Waals surface area contributed by atoms with Crippen LogP contribution in [-0.2, 0) is 19.1 Å². The molecule has 0 bridgehead atoms. The Morgan fingerprint density at radius 2 is 2.21 bits per heavy atom. The number of hydrogen-bond acceptors (Lipinski definition) is 5. The summed E-state index contributed by atoms with van der Waals surface area (Å²) in [6.45, 7) is 3.34. The Balaban J connectivity index is 1.97. The minimum atomic E-state index is -0.399. The fourth-order valence-corrected chi connectivity index (χ4v) is 2.84. The maximum absolute atomic E-state index is 12.5. The number of esters is 1. The van der Waals surface area contributed by atoms with Gasteiger partial charge in [-0.1, -0.05) is 29.3 Å². The van der Waals surface area contributed by atoms with Crippen LogP contribution in [0.5, 0.6) is 0 Å². The first kappa shape index (κ1) is 19.0. The average Bonchev–Trinajstić information content (AvgIpc) is 2.58. The number of rotatable bonds is 5. The lowest BCUT2D eigenvalue weighted by Crippen LogP contribution is -2.51. The molecule has 1 aliphatic heterocycles. The van der Waals surface area contributed by atoms with Crippen LogP contribution in [-0.4, -0.2) is 55.7 Å². The van der Waals surface area contributed by atoms with Gasteiger partial charge in [-0.2, -0.15) is 0 Å². The van der Waals surface area contributed by atoms with E-state index in [-0.39, 0.29) is 24.4 Å². The molecular formula is C16H20Cl2N2O4. The lowest BCUT2D eigenvalue weighted by atomic mass is 10.1. The molecule has 1 N–H and O–H groups in total. The molecule has 6 nitrogen and oxygen atoms in total. The Morgan fingerprint density at radius 3 is 2.92 bits per heavy atom. The van der Waals surface area contributed by atoms with E-state index in [0.717, 1.165) is 0 Å². The smallest absolute Gasteiger partial charge is 0.308 e. The second-order valence-corrected chi connectivity index (χ2v) is 6.32. The molecule has 0 aromatic heterocycles. The minimum Gasteiger partial charge on any atom is -0.469 e. The molecule has 0 radical (unpaired) electrons. The lowest BCUT2D eigenvalue weighted by Gasteiger charge is -2.35. The highest BCUT2D eigenvalue weighted by Gasteiger charge is 2.29. The summed E-state index contributed by atoms with van der Waals surface area (Å²) in [6.07, 6.45) is -0.113. The normalized spacial score (nSPS) is 19.6. The third-order valence-corrected chi connectivity index (χ3v) is 4.75. The van der Waals surface area contributed by atoms with Gasteiger partial charge in [0, 0.05) is 13.1 Å². The number of benzene rings is 1. The molecule has 1 amide bonds. The van der Waals surface area contributed by atoms with E-state index < -0.39 is 6.04 Å². The SMILES string of the molecule is COC(=O)C[C@H]1CN([C@H](C)C(=O)Nc2cccc(Cl)c2Cl)CCO1. The van der Waals surface area contributed by atoms with Gasteiger partial charge in [0.15, 0.2) is 0 Å². The van der Waals surface area contributed by atoms with E-state index in [1.165, 1.54) is 7.11 Å². The molecule has 1 aromatic rings. The highest BCUT2D eigenvalue weighted by atomic mass is 35.5.